The van der Waals surface area contributed by atoms with Gasteiger partial charge < -0.3 is 24.9 Å². The molecule has 0 spiro atoms. The lowest BCUT2D eigenvalue weighted by molar-refractivity contribution is 0.627. The van der Waals surface area contributed by atoms with Gasteiger partial charge in [-0.05, 0) is 163 Å². The molecule has 0 aliphatic carbocycles. The fourth-order valence-electron chi connectivity index (χ4n) is 10.7. The van der Waals surface area contributed by atoms with Crippen molar-refractivity contribution >= 4 is 11.6 Å². The van der Waals surface area contributed by atoms with Crippen LogP contribution < -0.4 is 27.8 Å². The van der Waals surface area contributed by atoms with E-state index in [0.717, 1.165) is 78.3 Å². The molecule has 0 aliphatic rings. The summed E-state index contributed by atoms with van der Waals surface area (Å²) >= 11 is 6.01. The molecular weight excluding hydrogens is 1280 g/mol. The Kier molecular flexibility index (Phi) is 22.6. The van der Waals surface area contributed by atoms with Crippen LogP contribution in [0.4, 0.5) is 17.6 Å². The smallest absolute Gasteiger partial charge is 0.249 e. The van der Waals surface area contributed by atoms with E-state index in [0.29, 0.717) is 38.7 Å². The van der Waals surface area contributed by atoms with Crippen molar-refractivity contribution in [1.29, 1.82) is 0 Å². The topological polar surface area (TPSA) is 164 Å². The summed E-state index contributed by atoms with van der Waals surface area (Å²) in [5.41, 5.74) is 14.5. The molecule has 0 radical (unpaired) electrons. The fourth-order valence-corrected chi connectivity index (χ4v) is 10.9. The van der Waals surface area contributed by atoms with Gasteiger partial charge in [-0.15, -0.1) is 0 Å². The van der Waals surface area contributed by atoms with Crippen LogP contribution in [0.3, 0.4) is 0 Å². The molecule has 15 heteroatoms. The van der Waals surface area contributed by atoms with E-state index in [1.165, 1.54) is 66.7 Å². The van der Waals surface area contributed by atoms with E-state index in [9.17, 15) is 41.5 Å². The van der Waals surface area contributed by atoms with Crippen LogP contribution in [0.15, 0.2) is 358 Å². The van der Waals surface area contributed by atoms with Gasteiger partial charge in [0.2, 0.25) is 27.8 Å². The minimum atomic E-state index is -0.353. The van der Waals surface area contributed by atoms with Gasteiger partial charge >= 0.3 is 0 Å². The number of hydrogen-bond donors (Lipinski definition) is 5. The Hall–Kier alpha value is -13.0. The number of H-pyrrole nitrogens is 5. The minimum absolute atomic E-state index is 0.124. The molecule has 15 rings (SSSR count). The molecule has 5 heterocycles. The minimum Gasteiger partial charge on any atom is -0.322 e. The number of halogens is 5. The molecule has 15 aromatic rings. The number of aromatic nitrogens is 5. The van der Waals surface area contributed by atoms with E-state index in [2.05, 4.69) is 24.9 Å². The zero-order chi connectivity index (χ0) is 69.7. The largest absolute Gasteiger partial charge is 0.322 e. The Bertz CT molecular complexity index is 5230. The molecule has 0 unspecified atom stereocenters. The third-order valence-corrected chi connectivity index (χ3v) is 15.7. The fraction of sp³-hybridized carbons (Fsp3) is 0. The third-order valence-electron chi connectivity index (χ3n) is 15.5. The monoisotopic (exact) mass is 1340 g/mol. The number of rotatable bonds is 10. The van der Waals surface area contributed by atoms with Crippen LogP contribution in [0, 0.1) is 23.3 Å². The first kappa shape index (κ1) is 68.3. The molecule has 0 aliphatic heterocycles. The van der Waals surface area contributed by atoms with Crippen molar-refractivity contribution in [2.45, 2.75) is 0 Å². The molecule has 0 bridgehead atoms. The van der Waals surface area contributed by atoms with Crippen LogP contribution in [0.5, 0.6) is 0 Å². The van der Waals surface area contributed by atoms with E-state index >= 15 is 0 Å². The van der Waals surface area contributed by atoms with Crippen molar-refractivity contribution in [2.75, 3.05) is 0 Å². The van der Waals surface area contributed by atoms with Gasteiger partial charge in [0.1, 0.15) is 23.3 Å². The molecule has 5 aromatic heterocycles. The molecular formula is C85H60ClF4N5O5. The van der Waals surface area contributed by atoms with Crippen molar-refractivity contribution in [3.05, 3.63) is 414 Å². The average Bonchev–Trinajstić information content (AvgIpc) is 0.854. The van der Waals surface area contributed by atoms with Gasteiger partial charge in [-0.3, -0.25) is 24.0 Å². The van der Waals surface area contributed by atoms with Crippen molar-refractivity contribution in [2.24, 2.45) is 0 Å². The Morgan fingerprint density at radius 1 is 0.200 bits per heavy atom. The van der Waals surface area contributed by atoms with Crippen LogP contribution in [0.25, 0.3) is 112 Å². The summed E-state index contributed by atoms with van der Waals surface area (Å²) in [6, 6.07) is 97.4. The summed E-state index contributed by atoms with van der Waals surface area (Å²) in [4.78, 5) is 72.9. The molecule has 0 atom stereocenters. The van der Waals surface area contributed by atoms with Gasteiger partial charge in [0.25, 0.3) is 0 Å². The van der Waals surface area contributed by atoms with E-state index in [1.807, 2.05) is 200 Å². The standard InChI is InChI=1S/C17H12ClNO.4C17H12FNO/c18-15-8-4-7-13(9-15)14-10-16(19-17(20)11-14)12-5-2-1-3-6-12;18-15-9-5-4-8-14(15)16-10-13(11-17(20)19-16)12-6-2-1-3-7-12;18-15-8-4-7-13(9-15)14-10-16(19-17(20)11-14)12-5-2-1-3-6-12;18-15-8-4-7-13(9-15)16-10-14(11-17(20)19-16)12-5-2-1-3-6-12;18-15-8-6-12(7-9-15)14-10-16(19-17(20)11-14)13-4-2-1-3-5-13/h5*1-11H,(H,19,20). The van der Waals surface area contributed by atoms with Crippen molar-refractivity contribution in [3.8, 4) is 112 Å². The molecule has 490 valence electrons. The SMILES string of the molecule is O=c1cc(-c2ccc(F)cc2)cc(-c2ccccc2)[nH]1.O=c1cc(-c2cccc(Cl)c2)cc(-c2ccccc2)[nH]1.O=c1cc(-c2cccc(F)c2)cc(-c2ccccc2)[nH]1.O=c1cc(-c2ccccc2)cc(-c2cccc(F)c2)[nH]1.O=c1cc(-c2ccccc2)cc(-c2ccccc2F)[nH]1. The molecule has 0 fully saturated rings. The predicted octanol–water partition coefficient (Wildman–Crippen LogP) is 19.8. The molecule has 0 saturated carbocycles. The molecule has 100 heavy (non-hydrogen) atoms. The summed E-state index contributed by atoms with van der Waals surface area (Å²) < 4.78 is 53.4. The summed E-state index contributed by atoms with van der Waals surface area (Å²) in [5.74, 6) is -1.28. The van der Waals surface area contributed by atoms with Crippen LogP contribution in [-0.2, 0) is 0 Å². The number of benzene rings is 10. The van der Waals surface area contributed by atoms with E-state index in [-0.39, 0.29) is 51.1 Å². The average molecular weight is 1340 g/mol. The highest BCUT2D eigenvalue weighted by Gasteiger charge is 2.11. The van der Waals surface area contributed by atoms with Crippen molar-refractivity contribution in [1.82, 2.24) is 24.9 Å². The van der Waals surface area contributed by atoms with Crippen LogP contribution >= 0.6 is 11.6 Å². The number of pyridine rings is 5. The maximum absolute atomic E-state index is 13.8. The Morgan fingerprint density at radius 3 is 0.860 bits per heavy atom. The lowest BCUT2D eigenvalue weighted by atomic mass is 10.0. The van der Waals surface area contributed by atoms with E-state index in [1.54, 1.807) is 66.7 Å². The Balaban J connectivity index is 0.000000126. The van der Waals surface area contributed by atoms with E-state index in [4.69, 9.17) is 11.6 Å². The number of nitrogens with one attached hydrogen (secondary N) is 5. The van der Waals surface area contributed by atoms with Crippen molar-refractivity contribution < 1.29 is 17.6 Å². The van der Waals surface area contributed by atoms with Gasteiger partial charge in [0.05, 0.1) is 5.69 Å². The van der Waals surface area contributed by atoms with Gasteiger partial charge in [0, 0.05) is 69.3 Å². The summed E-state index contributed by atoms with van der Waals surface area (Å²) in [6.07, 6.45) is 0. The van der Waals surface area contributed by atoms with Gasteiger partial charge in [0.15, 0.2) is 0 Å². The zero-order valence-electron chi connectivity index (χ0n) is 53.2. The molecule has 0 saturated heterocycles. The Labute approximate surface area is 576 Å². The van der Waals surface area contributed by atoms with E-state index < -0.39 is 0 Å². The highest BCUT2D eigenvalue weighted by atomic mass is 35.5. The maximum Gasteiger partial charge on any atom is 0.249 e. The summed E-state index contributed by atoms with van der Waals surface area (Å²) in [7, 11) is 0. The first-order valence-electron chi connectivity index (χ1n) is 31.4. The first-order chi connectivity index (χ1) is 48.6. The van der Waals surface area contributed by atoms with Crippen LogP contribution in [0.2, 0.25) is 5.02 Å². The number of aromatic amines is 5. The quantitative estimate of drug-likeness (QED) is 0.0859. The second-order valence-corrected chi connectivity index (χ2v) is 23.0. The lowest BCUT2D eigenvalue weighted by Gasteiger charge is -2.06. The second-order valence-electron chi connectivity index (χ2n) is 22.6. The molecule has 5 N–H and O–H groups in total. The first-order valence-corrected chi connectivity index (χ1v) is 31.8. The van der Waals surface area contributed by atoms with Crippen LogP contribution in [-0.4, -0.2) is 24.9 Å². The molecule has 10 aromatic carbocycles. The third kappa shape index (κ3) is 18.9. The molecule has 10 nitrogen and oxygen atoms in total. The second kappa shape index (κ2) is 33.1. The summed E-state index contributed by atoms with van der Waals surface area (Å²) in [6.45, 7) is 0. The van der Waals surface area contributed by atoms with Gasteiger partial charge in [-0.2, -0.15) is 0 Å². The van der Waals surface area contributed by atoms with Crippen molar-refractivity contribution in [3.63, 3.8) is 0 Å². The van der Waals surface area contributed by atoms with Gasteiger partial charge in [-0.25, -0.2) is 17.6 Å². The predicted molar refractivity (Wildman–Crippen MR) is 395 cm³/mol. The zero-order valence-corrected chi connectivity index (χ0v) is 53.9. The normalized spacial score (nSPS) is 10.4. The maximum atomic E-state index is 13.8. The summed E-state index contributed by atoms with van der Waals surface area (Å²) in [5, 5.41) is 0.657. The van der Waals surface area contributed by atoms with Gasteiger partial charge in [-0.1, -0.05) is 224 Å². The number of hydrogen-bond acceptors (Lipinski definition) is 5. The lowest BCUT2D eigenvalue weighted by Crippen LogP contribution is -2.06. The van der Waals surface area contributed by atoms with Crippen LogP contribution in [0.1, 0.15) is 0 Å². The molecule has 0 amide bonds. The highest BCUT2D eigenvalue weighted by Crippen LogP contribution is 2.30. The Morgan fingerprint density at radius 2 is 0.480 bits per heavy atom. The highest BCUT2D eigenvalue weighted by molar-refractivity contribution is 6.30.